The van der Waals surface area contributed by atoms with Crippen molar-refractivity contribution in [2.24, 2.45) is 5.41 Å². The zero-order valence-electron chi connectivity index (χ0n) is 20.1. The predicted octanol–water partition coefficient (Wildman–Crippen LogP) is 3.71. The molecule has 0 spiro atoms. The Balaban J connectivity index is 1.89. The van der Waals surface area contributed by atoms with E-state index in [1.165, 1.54) is 7.11 Å². The Bertz CT molecular complexity index is 1030. The Labute approximate surface area is 194 Å². The summed E-state index contributed by atoms with van der Waals surface area (Å²) in [5.41, 5.74) is 1.90. The molecule has 0 N–H and O–H groups in total. The molecule has 1 aliphatic rings. The SMILES string of the molecule is C=CCCc1nc2ccc(OC)cc2nc1OC1CC(C(=O)OC)N(C(=O)CC(C)(C)C)C1. The van der Waals surface area contributed by atoms with Gasteiger partial charge in [0.2, 0.25) is 11.8 Å². The van der Waals surface area contributed by atoms with E-state index in [0.29, 0.717) is 42.1 Å². The van der Waals surface area contributed by atoms with Crippen molar-refractivity contribution in [2.45, 2.75) is 58.6 Å². The second-order valence-corrected chi connectivity index (χ2v) is 9.46. The first kappa shape index (κ1) is 24.5. The lowest BCUT2D eigenvalue weighted by molar-refractivity contribution is -0.151. The Morgan fingerprint density at radius 2 is 1.97 bits per heavy atom. The van der Waals surface area contributed by atoms with E-state index in [4.69, 9.17) is 24.2 Å². The molecule has 2 aromatic rings. The summed E-state index contributed by atoms with van der Waals surface area (Å²) in [5.74, 6) is 0.540. The number of fused-ring (bicyclic) bond motifs is 1. The van der Waals surface area contributed by atoms with Gasteiger partial charge >= 0.3 is 5.97 Å². The zero-order valence-corrected chi connectivity index (χ0v) is 20.1. The van der Waals surface area contributed by atoms with Crippen LogP contribution in [0.4, 0.5) is 0 Å². The monoisotopic (exact) mass is 455 g/mol. The summed E-state index contributed by atoms with van der Waals surface area (Å²) < 4.78 is 16.5. The Kier molecular flexibility index (Phi) is 7.56. The van der Waals surface area contributed by atoms with Gasteiger partial charge in [-0.3, -0.25) is 4.79 Å². The maximum absolute atomic E-state index is 13.0. The fourth-order valence-electron chi connectivity index (χ4n) is 3.91. The summed E-state index contributed by atoms with van der Waals surface area (Å²) in [6.07, 6.45) is 3.41. The lowest BCUT2D eigenvalue weighted by Gasteiger charge is -2.26. The van der Waals surface area contributed by atoms with Crippen molar-refractivity contribution in [1.29, 1.82) is 0 Å². The van der Waals surface area contributed by atoms with Gasteiger partial charge in [-0.05, 0) is 30.4 Å². The highest BCUT2D eigenvalue weighted by Gasteiger charge is 2.42. The van der Waals surface area contributed by atoms with E-state index in [-0.39, 0.29) is 17.9 Å². The van der Waals surface area contributed by atoms with Crippen molar-refractivity contribution < 1.29 is 23.8 Å². The number of hydrogen-bond donors (Lipinski definition) is 0. The van der Waals surface area contributed by atoms with E-state index in [2.05, 4.69) is 6.58 Å². The average molecular weight is 456 g/mol. The summed E-state index contributed by atoms with van der Waals surface area (Å²) in [6, 6.07) is 4.82. The number of amides is 1. The lowest BCUT2D eigenvalue weighted by Crippen LogP contribution is -2.42. The molecule has 33 heavy (non-hydrogen) atoms. The Hall–Kier alpha value is -3.16. The fourth-order valence-corrected chi connectivity index (χ4v) is 3.91. The van der Waals surface area contributed by atoms with Crippen LogP contribution in [0.3, 0.4) is 0 Å². The maximum atomic E-state index is 13.0. The van der Waals surface area contributed by atoms with E-state index in [9.17, 15) is 9.59 Å². The molecule has 1 aliphatic heterocycles. The van der Waals surface area contributed by atoms with E-state index in [0.717, 1.165) is 11.9 Å². The van der Waals surface area contributed by atoms with Crippen LogP contribution >= 0.6 is 0 Å². The molecule has 1 aromatic carbocycles. The number of hydrogen-bond acceptors (Lipinski definition) is 7. The number of ether oxygens (including phenoxy) is 3. The molecule has 2 heterocycles. The Morgan fingerprint density at radius 3 is 2.61 bits per heavy atom. The molecule has 1 saturated heterocycles. The van der Waals surface area contributed by atoms with Gasteiger partial charge in [0.05, 0.1) is 31.8 Å². The molecule has 0 radical (unpaired) electrons. The summed E-state index contributed by atoms with van der Waals surface area (Å²) >= 11 is 0. The molecule has 2 unspecified atom stereocenters. The third-order valence-electron chi connectivity index (χ3n) is 5.51. The van der Waals surface area contributed by atoms with Crippen LogP contribution in [0, 0.1) is 5.41 Å². The molecule has 0 saturated carbocycles. The second kappa shape index (κ2) is 10.2. The first-order valence-corrected chi connectivity index (χ1v) is 11.1. The second-order valence-electron chi connectivity index (χ2n) is 9.46. The summed E-state index contributed by atoms with van der Waals surface area (Å²) in [6.45, 7) is 10.1. The zero-order chi connectivity index (χ0) is 24.2. The third-order valence-corrected chi connectivity index (χ3v) is 5.51. The summed E-state index contributed by atoms with van der Waals surface area (Å²) in [4.78, 5) is 36.4. The van der Waals surface area contributed by atoms with Gasteiger partial charge in [-0.1, -0.05) is 26.8 Å². The number of aryl methyl sites for hydroxylation is 1. The van der Waals surface area contributed by atoms with Gasteiger partial charge in [-0.15, -0.1) is 6.58 Å². The van der Waals surface area contributed by atoms with Crippen LogP contribution in [0.25, 0.3) is 11.0 Å². The lowest BCUT2D eigenvalue weighted by atomic mass is 9.91. The first-order chi connectivity index (χ1) is 15.6. The highest BCUT2D eigenvalue weighted by molar-refractivity contribution is 5.85. The van der Waals surface area contributed by atoms with E-state index >= 15 is 0 Å². The van der Waals surface area contributed by atoms with Crippen molar-refractivity contribution >= 4 is 22.9 Å². The van der Waals surface area contributed by atoms with Crippen LogP contribution < -0.4 is 9.47 Å². The van der Waals surface area contributed by atoms with Gasteiger partial charge in [-0.25, -0.2) is 14.8 Å². The van der Waals surface area contributed by atoms with Crippen molar-refractivity contribution in [1.82, 2.24) is 14.9 Å². The fraction of sp³-hybridized carbons (Fsp3) is 0.520. The van der Waals surface area contributed by atoms with Crippen LogP contribution in [0.5, 0.6) is 11.6 Å². The number of carbonyl (C=O) groups excluding carboxylic acids is 2. The van der Waals surface area contributed by atoms with Crippen LogP contribution in [0.2, 0.25) is 0 Å². The molecule has 0 aliphatic carbocycles. The average Bonchev–Trinajstić information content (AvgIpc) is 3.19. The predicted molar refractivity (Wildman–Crippen MR) is 125 cm³/mol. The van der Waals surface area contributed by atoms with Crippen LogP contribution in [-0.2, 0) is 20.7 Å². The van der Waals surface area contributed by atoms with Gasteiger partial charge in [-0.2, -0.15) is 0 Å². The number of aromatic nitrogens is 2. The van der Waals surface area contributed by atoms with Crippen LogP contribution in [0.15, 0.2) is 30.9 Å². The van der Waals surface area contributed by atoms with Crippen LogP contribution in [-0.4, -0.2) is 59.7 Å². The number of esters is 1. The van der Waals surface area contributed by atoms with E-state index in [1.807, 2.05) is 39.0 Å². The first-order valence-electron chi connectivity index (χ1n) is 11.1. The minimum atomic E-state index is -0.681. The molecule has 1 fully saturated rings. The quantitative estimate of drug-likeness (QED) is 0.443. The molecular formula is C25H33N3O5. The Morgan fingerprint density at radius 1 is 1.21 bits per heavy atom. The van der Waals surface area contributed by atoms with Gasteiger partial charge in [0.1, 0.15) is 23.6 Å². The molecule has 8 heteroatoms. The van der Waals surface area contributed by atoms with Crippen molar-refractivity contribution in [3.8, 4) is 11.6 Å². The topological polar surface area (TPSA) is 90.8 Å². The van der Waals surface area contributed by atoms with Gasteiger partial charge < -0.3 is 19.1 Å². The van der Waals surface area contributed by atoms with Crippen molar-refractivity contribution in [3.63, 3.8) is 0 Å². The summed E-state index contributed by atoms with van der Waals surface area (Å²) in [7, 11) is 2.93. The molecule has 2 atom stereocenters. The number of rotatable bonds is 8. The third kappa shape index (κ3) is 6.00. The minimum absolute atomic E-state index is 0.0924. The number of likely N-dealkylation sites (tertiary alicyclic amines) is 1. The molecular weight excluding hydrogens is 422 g/mol. The molecule has 8 nitrogen and oxygen atoms in total. The molecule has 1 amide bonds. The maximum Gasteiger partial charge on any atom is 0.328 e. The smallest absolute Gasteiger partial charge is 0.328 e. The largest absolute Gasteiger partial charge is 0.497 e. The number of carbonyl (C=O) groups is 2. The van der Waals surface area contributed by atoms with Gasteiger partial charge in [0.25, 0.3) is 0 Å². The minimum Gasteiger partial charge on any atom is -0.497 e. The number of methoxy groups -OCH3 is 2. The summed E-state index contributed by atoms with van der Waals surface area (Å²) in [5, 5.41) is 0. The normalized spacial score (nSPS) is 18.3. The van der Waals surface area contributed by atoms with E-state index < -0.39 is 18.1 Å². The van der Waals surface area contributed by atoms with E-state index in [1.54, 1.807) is 18.1 Å². The van der Waals surface area contributed by atoms with Gasteiger partial charge in [0, 0.05) is 18.9 Å². The van der Waals surface area contributed by atoms with Crippen molar-refractivity contribution in [2.75, 3.05) is 20.8 Å². The highest BCUT2D eigenvalue weighted by atomic mass is 16.5. The molecule has 1 aromatic heterocycles. The number of benzene rings is 1. The highest BCUT2D eigenvalue weighted by Crippen LogP contribution is 2.30. The molecule has 0 bridgehead atoms. The number of allylic oxidation sites excluding steroid dienone is 1. The van der Waals surface area contributed by atoms with Gasteiger partial charge in [0.15, 0.2) is 0 Å². The number of nitrogens with zero attached hydrogens (tertiary/aromatic N) is 3. The van der Waals surface area contributed by atoms with Crippen molar-refractivity contribution in [3.05, 3.63) is 36.5 Å². The molecule has 3 rings (SSSR count). The standard InChI is InChI=1S/C25H33N3O5/c1-7-8-9-19-23(27-20-12-16(31-5)10-11-18(20)26-19)33-17-13-21(24(30)32-6)28(15-17)22(29)14-25(2,3)4/h7,10-12,17,21H,1,8-9,13-15H2,2-6H3. The molecule has 178 valence electrons. The van der Waals surface area contributed by atoms with Crippen LogP contribution in [0.1, 0.15) is 45.7 Å².